The van der Waals surface area contributed by atoms with Gasteiger partial charge in [-0.25, -0.2) is 0 Å². The minimum absolute atomic E-state index is 0.407. The van der Waals surface area contributed by atoms with Crippen LogP contribution in [0.5, 0.6) is 0 Å². The number of hydrogen-bond acceptors (Lipinski definition) is 1. The first-order valence-electron chi connectivity index (χ1n) is 2.70. The van der Waals surface area contributed by atoms with Crippen LogP contribution in [0.3, 0.4) is 0 Å². The summed E-state index contributed by atoms with van der Waals surface area (Å²) in [6, 6.07) is 0. The average molecular weight is 151 g/mol. The predicted molar refractivity (Wildman–Crippen MR) is 39.4 cm³/mol. The van der Waals surface area contributed by atoms with Crippen molar-refractivity contribution in [3.8, 4) is 0 Å². The molecule has 0 aliphatic carbocycles. The molecule has 0 aromatic rings. The van der Waals surface area contributed by atoms with E-state index >= 15 is 0 Å². The molecule has 0 aromatic heterocycles. The van der Waals surface area contributed by atoms with E-state index in [2.05, 4.69) is 6.92 Å². The molecule has 0 aliphatic heterocycles. The summed E-state index contributed by atoms with van der Waals surface area (Å²) in [5, 5.41) is 1.28. The summed E-state index contributed by atoms with van der Waals surface area (Å²) in [6.07, 6.45) is 0.407. The first-order chi connectivity index (χ1) is 3.68. The monoisotopic (exact) mass is 151 g/mol. The lowest BCUT2D eigenvalue weighted by Gasteiger charge is -1.74. The lowest BCUT2D eigenvalue weighted by atomic mass is 11.0. The van der Waals surface area contributed by atoms with E-state index in [-0.39, 0.29) is 0 Å². The Morgan fingerprint density at radius 3 is 1.75 bits per heavy atom. The summed E-state index contributed by atoms with van der Waals surface area (Å²) in [5.41, 5.74) is 0. The Balaban J connectivity index is 0. The molecule has 0 aliphatic rings. The van der Waals surface area contributed by atoms with E-state index in [4.69, 9.17) is 4.89 Å². The molecule has 49 valence electrons. The van der Waals surface area contributed by atoms with Gasteiger partial charge in [0.1, 0.15) is 0 Å². The van der Waals surface area contributed by atoms with Crippen molar-refractivity contribution < 1.29 is 9.46 Å². The minimum Gasteiger partial charge on any atom is -0.346 e. The fourth-order valence-corrected chi connectivity index (χ4v) is 0. The van der Waals surface area contributed by atoms with Gasteiger partial charge in [0.05, 0.1) is 0 Å². The second-order valence-electron chi connectivity index (χ2n) is 1.25. The van der Waals surface area contributed by atoms with Crippen LogP contribution in [0.25, 0.3) is 0 Å². The standard InChI is InChI=1S/C2H7O2P.C2H5.Al.H/c1-2-5(3)4;1-2;;/h5H,2H2,1H3,(H,3,4);1H2,2H3;;. The third-order valence-electron chi connectivity index (χ3n) is 0.302. The summed E-state index contributed by atoms with van der Waals surface area (Å²) in [5.74, 6) is 0. The highest BCUT2D eigenvalue weighted by Gasteiger charge is 1.76. The molecule has 1 atom stereocenters. The molecule has 8 heavy (non-hydrogen) atoms. The lowest BCUT2D eigenvalue weighted by Crippen LogP contribution is -1.56. The van der Waals surface area contributed by atoms with E-state index in [0.29, 0.717) is 6.16 Å². The molecular formula is C4H13AlO2P. The zero-order valence-electron chi connectivity index (χ0n) is 5.48. The van der Waals surface area contributed by atoms with Crippen molar-refractivity contribution in [2.75, 3.05) is 6.16 Å². The molecule has 0 spiro atoms. The minimum atomic E-state index is -2.12. The summed E-state index contributed by atoms with van der Waals surface area (Å²) in [6.45, 7) is 3.82. The van der Waals surface area contributed by atoms with Crippen LogP contribution >= 0.6 is 8.03 Å². The second-order valence-corrected chi connectivity index (χ2v) is 3.74. The van der Waals surface area contributed by atoms with Crippen LogP contribution in [0.4, 0.5) is 0 Å². The van der Waals surface area contributed by atoms with Crippen molar-refractivity contribution in [2.45, 2.75) is 19.1 Å². The highest BCUT2D eigenvalue weighted by Crippen LogP contribution is 2.08. The Morgan fingerprint density at radius 1 is 1.62 bits per heavy atom. The van der Waals surface area contributed by atoms with Crippen LogP contribution in [-0.2, 0) is 4.57 Å². The topological polar surface area (TPSA) is 37.3 Å². The predicted octanol–water partition coefficient (Wildman–Crippen LogP) is 0.799. The summed E-state index contributed by atoms with van der Waals surface area (Å²) >= 11 is 1.97. The molecular weight excluding hydrogens is 138 g/mol. The van der Waals surface area contributed by atoms with Gasteiger partial charge in [-0.15, -0.1) is 5.28 Å². The van der Waals surface area contributed by atoms with Crippen LogP contribution in [-0.4, -0.2) is 27.3 Å². The highest BCUT2D eigenvalue weighted by atomic mass is 31.1. The van der Waals surface area contributed by atoms with Gasteiger partial charge < -0.3 is 4.89 Å². The van der Waals surface area contributed by atoms with Gasteiger partial charge in [0.25, 0.3) is 0 Å². The second kappa shape index (κ2) is 10.7. The van der Waals surface area contributed by atoms with E-state index in [1.54, 1.807) is 6.92 Å². The molecule has 4 heteroatoms. The van der Waals surface area contributed by atoms with Crippen molar-refractivity contribution in [3.05, 3.63) is 0 Å². The van der Waals surface area contributed by atoms with Crippen LogP contribution < -0.4 is 0 Å². The molecule has 0 bridgehead atoms. The molecule has 1 unspecified atom stereocenters. The van der Waals surface area contributed by atoms with Crippen LogP contribution in [0.1, 0.15) is 13.8 Å². The maximum Gasteiger partial charge on any atom is 0.188 e. The smallest absolute Gasteiger partial charge is 0.188 e. The Morgan fingerprint density at radius 2 is 1.75 bits per heavy atom. The molecule has 0 heterocycles. The van der Waals surface area contributed by atoms with E-state index in [0.717, 1.165) is 0 Å². The summed E-state index contributed by atoms with van der Waals surface area (Å²) < 4.78 is 9.55. The zero-order valence-corrected chi connectivity index (χ0v) is 7.89. The third-order valence-corrected chi connectivity index (χ3v) is 0.907. The molecule has 2 nitrogen and oxygen atoms in total. The first kappa shape index (κ1) is 11.5. The van der Waals surface area contributed by atoms with E-state index in [9.17, 15) is 4.57 Å². The van der Waals surface area contributed by atoms with E-state index < -0.39 is 8.03 Å². The molecule has 0 amide bonds. The largest absolute Gasteiger partial charge is 0.346 e. The van der Waals surface area contributed by atoms with Gasteiger partial charge in [0, 0.05) is 6.16 Å². The number of hydrogen-bond donors (Lipinski definition) is 1. The van der Waals surface area contributed by atoms with Gasteiger partial charge >= 0.3 is 0 Å². The van der Waals surface area contributed by atoms with Crippen molar-refractivity contribution in [1.82, 2.24) is 0 Å². The van der Waals surface area contributed by atoms with Crippen LogP contribution in [0.2, 0.25) is 5.28 Å². The molecule has 1 radical (unpaired) electrons. The van der Waals surface area contributed by atoms with Crippen LogP contribution in [0, 0.1) is 0 Å². The fourth-order valence-electron chi connectivity index (χ4n) is 0. The maximum atomic E-state index is 9.55. The van der Waals surface area contributed by atoms with Gasteiger partial charge in [-0.2, -0.15) is 0 Å². The normalized spacial score (nSPS) is 11.4. The van der Waals surface area contributed by atoms with Crippen molar-refractivity contribution in [1.29, 1.82) is 0 Å². The van der Waals surface area contributed by atoms with E-state index in [1.165, 1.54) is 5.28 Å². The van der Waals surface area contributed by atoms with Crippen molar-refractivity contribution in [3.63, 3.8) is 0 Å². The zero-order chi connectivity index (χ0) is 6.99. The molecule has 0 rings (SSSR count). The molecule has 0 saturated carbocycles. The SMILES string of the molecule is CC[PH](=O)O.C[CH2][AlH]. The Bertz CT molecular complexity index is 58.0. The summed E-state index contributed by atoms with van der Waals surface area (Å²) in [7, 11) is -2.12. The number of rotatable bonds is 1. The molecule has 0 fully saturated rings. The Kier molecular flexibility index (Phi) is 15.3. The highest BCUT2D eigenvalue weighted by molar-refractivity contribution is 7.37. The van der Waals surface area contributed by atoms with Gasteiger partial charge in [-0.1, -0.05) is 13.8 Å². The van der Waals surface area contributed by atoms with Gasteiger partial charge in [-0.05, 0) is 0 Å². The maximum absolute atomic E-state index is 9.55. The molecule has 1 N–H and O–H groups in total. The third kappa shape index (κ3) is 29.7. The van der Waals surface area contributed by atoms with Crippen molar-refractivity contribution in [2.24, 2.45) is 0 Å². The quantitative estimate of drug-likeness (QED) is 0.444. The summed E-state index contributed by atoms with van der Waals surface area (Å²) in [4.78, 5) is 7.91. The first-order valence-corrected chi connectivity index (χ1v) is 5.26. The lowest BCUT2D eigenvalue weighted by molar-refractivity contribution is 0.504. The molecule has 0 aromatic carbocycles. The van der Waals surface area contributed by atoms with Crippen LogP contribution in [0.15, 0.2) is 0 Å². The average Bonchev–Trinajstić information content (AvgIpc) is 1.69. The Hall–Kier alpha value is 0.722. The van der Waals surface area contributed by atoms with E-state index in [1.807, 2.05) is 16.3 Å². The van der Waals surface area contributed by atoms with Gasteiger partial charge in [-0.3, -0.25) is 4.57 Å². The molecule has 0 saturated heterocycles. The van der Waals surface area contributed by atoms with Gasteiger partial charge in [0.15, 0.2) is 24.3 Å². The Labute approximate surface area is 59.6 Å². The van der Waals surface area contributed by atoms with Crippen molar-refractivity contribution >= 4 is 24.3 Å². The fraction of sp³-hybridized carbons (Fsp3) is 1.00. The van der Waals surface area contributed by atoms with Gasteiger partial charge in [0.2, 0.25) is 0 Å².